The summed E-state index contributed by atoms with van der Waals surface area (Å²) < 4.78 is 5.42. The first-order chi connectivity index (χ1) is 17.4. The van der Waals surface area contributed by atoms with E-state index >= 15 is 0 Å². The van der Waals surface area contributed by atoms with E-state index in [1.807, 2.05) is 25.1 Å². The van der Waals surface area contributed by atoms with Crippen LogP contribution in [0.15, 0.2) is 41.6 Å². The quantitative estimate of drug-likeness (QED) is 0.120. The number of fused-ring (bicyclic) bond motifs is 3. The number of carbonyl (C=O) groups is 2. The summed E-state index contributed by atoms with van der Waals surface area (Å²) in [6.07, 6.45) is 5.50. The van der Waals surface area contributed by atoms with Crippen molar-refractivity contribution in [3.63, 3.8) is 0 Å². The zero-order valence-corrected chi connectivity index (χ0v) is 20.8. The second-order valence-corrected chi connectivity index (χ2v) is 9.52. The van der Waals surface area contributed by atoms with Crippen LogP contribution in [0.4, 0.5) is 5.69 Å². The minimum Gasteiger partial charge on any atom is -0.465 e. The zero-order chi connectivity index (χ0) is 25.7. The van der Waals surface area contributed by atoms with E-state index in [0.29, 0.717) is 24.7 Å². The Labute approximate surface area is 210 Å². The molecule has 1 saturated carbocycles. The van der Waals surface area contributed by atoms with E-state index in [0.717, 1.165) is 47.1 Å². The highest BCUT2D eigenvalue weighted by Crippen LogP contribution is 2.47. The lowest BCUT2D eigenvalue weighted by Crippen LogP contribution is -2.20. The third kappa shape index (κ3) is 5.64. The van der Waals surface area contributed by atoms with E-state index < -0.39 is 5.97 Å². The molecule has 0 spiro atoms. The average molecular weight is 493 g/mol. The Kier molecular flexibility index (Phi) is 8.13. The van der Waals surface area contributed by atoms with Crippen LogP contribution < -0.4 is 0 Å². The van der Waals surface area contributed by atoms with Gasteiger partial charge in [0.25, 0.3) is 5.69 Å². The van der Waals surface area contributed by atoms with E-state index in [4.69, 9.17) is 9.57 Å². The molecule has 4 rings (SSSR count). The summed E-state index contributed by atoms with van der Waals surface area (Å²) in [5, 5.41) is 15.5. The van der Waals surface area contributed by atoms with Gasteiger partial charge in [-0.1, -0.05) is 37.6 Å². The number of nitro groups is 1. The maximum Gasteiger partial charge on any atom is 0.335 e. The van der Waals surface area contributed by atoms with E-state index in [1.165, 1.54) is 12.5 Å². The Morgan fingerprint density at radius 1 is 1.00 bits per heavy atom. The predicted molar refractivity (Wildman–Crippen MR) is 136 cm³/mol. The normalized spacial score (nSPS) is 16.6. The molecule has 1 fully saturated rings. The van der Waals surface area contributed by atoms with Crippen LogP contribution >= 0.6 is 0 Å². The number of rotatable bonds is 11. The van der Waals surface area contributed by atoms with Gasteiger partial charge in [0.2, 0.25) is 0 Å². The summed E-state index contributed by atoms with van der Waals surface area (Å²) >= 11 is 0. The molecule has 2 aliphatic rings. The van der Waals surface area contributed by atoms with Crippen molar-refractivity contribution in [3.05, 3.63) is 63.2 Å². The fourth-order valence-electron chi connectivity index (χ4n) is 4.84. The molecular weight excluding hydrogens is 460 g/mol. The summed E-state index contributed by atoms with van der Waals surface area (Å²) in [6, 6.07) is 10.9. The lowest BCUT2D eigenvalue weighted by molar-refractivity contribution is -0.384. The molecule has 0 amide bonds. The minimum atomic E-state index is -0.421. The lowest BCUT2D eigenvalue weighted by Gasteiger charge is -2.24. The standard InChI is InChI=1S/C28H32N2O6/c1-3-6-28(32)36-29-26(13-14-27(31)35-17-18-7-5-8-18)19-9-11-22-23-12-10-20(30(33)34)16-25(23)21(4-2)24(22)15-19/h9-12,15-16,18,21H,3-8,13-14,17H2,1-2H3/b29-26-. The molecule has 0 radical (unpaired) electrons. The smallest absolute Gasteiger partial charge is 0.335 e. The van der Waals surface area contributed by atoms with Gasteiger partial charge in [-0.25, -0.2) is 4.79 Å². The highest BCUT2D eigenvalue weighted by Gasteiger charge is 2.30. The molecule has 8 nitrogen and oxygen atoms in total. The van der Waals surface area contributed by atoms with Crippen LogP contribution in [0.25, 0.3) is 11.1 Å². The predicted octanol–water partition coefficient (Wildman–Crippen LogP) is 6.29. The first-order valence-corrected chi connectivity index (χ1v) is 12.8. The van der Waals surface area contributed by atoms with Crippen molar-refractivity contribution in [1.29, 1.82) is 0 Å². The Morgan fingerprint density at radius 3 is 2.36 bits per heavy atom. The van der Waals surface area contributed by atoms with Gasteiger partial charge in [-0.15, -0.1) is 0 Å². The van der Waals surface area contributed by atoms with E-state index in [1.54, 1.807) is 12.1 Å². The number of carbonyl (C=O) groups excluding carboxylic acids is 2. The molecule has 2 aromatic rings. The average Bonchev–Trinajstić information content (AvgIpc) is 3.15. The van der Waals surface area contributed by atoms with Gasteiger partial charge >= 0.3 is 11.9 Å². The second-order valence-electron chi connectivity index (χ2n) is 9.52. The summed E-state index contributed by atoms with van der Waals surface area (Å²) in [5.41, 5.74) is 5.33. The number of nitrogens with zero attached hydrogens (tertiary/aromatic N) is 2. The van der Waals surface area contributed by atoms with Crippen LogP contribution in [0.1, 0.15) is 87.8 Å². The summed E-state index contributed by atoms with van der Waals surface area (Å²) in [4.78, 5) is 40.4. The molecule has 0 saturated heterocycles. The van der Waals surface area contributed by atoms with Crippen molar-refractivity contribution in [2.24, 2.45) is 11.1 Å². The Morgan fingerprint density at radius 2 is 1.72 bits per heavy atom. The number of ether oxygens (including phenoxy) is 1. The fraction of sp³-hybridized carbons (Fsp3) is 0.464. The molecule has 0 aliphatic heterocycles. The van der Waals surface area contributed by atoms with Crippen LogP contribution in [0.2, 0.25) is 0 Å². The number of hydrogen-bond donors (Lipinski definition) is 0. The number of esters is 1. The first kappa shape index (κ1) is 25.5. The zero-order valence-electron chi connectivity index (χ0n) is 20.8. The van der Waals surface area contributed by atoms with Crippen LogP contribution in [-0.4, -0.2) is 29.2 Å². The Hall–Kier alpha value is -3.55. The van der Waals surface area contributed by atoms with Crippen LogP contribution in [-0.2, 0) is 19.2 Å². The number of non-ortho nitro benzene ring substituents is 1. The molecule has 0 N–H and O–H groups in total. The van der Waals surface area contributed by atoms with Gasteiger partial charge in [0.05, 0.1) is 23.7 Å². The topological polar surface area (TPSA) is 108 Å². The highest BCUT2D eigenvalue weighted by atomic mass is 16.7. The fourth-order valence-corrected chi connectivity index (χ4v) is 4.84. The molecule has 36 heavy (non-hydrogen) atoms. The Bertz CT molecular complexity index is 1180. The van der Waals surface area contributed by atoms with Gasteiger partial charge in [-0.3, -0.25) is 14.9 Å². The van der Waals surface area contributed by atoms with Gasteiger partial charge in [0.1, 0.15) is 0 Å². The number of nitro benzene ring substituents is 1. The molecule has 0 aromatic heterocycles. The van der Waals surface area contributed by atoms with Crippen LogP contribution in [0.5, 0.6) is 0 Å². The molecule has 0 bridgehead atoms. The number of hydrogen-bond acceptors (Lipinski definition) is 7. The maximum atomic E-state index is 12.3. The lowest BCUT2D eigenvalue weighted by atomic mass is 9.86. The molecule has 190 valence electrons. The van der Waals surface area contributed by atoms with Gasteiger partial charge < -0.3 is 9.57 Å². The highest BCUT2D eigenvalue weighted by molar-refractivity contribution is 6.02. The molecule has 2 aliphatic carbocycles. The van der Waals surface area contributed by atoms with E-state index in [-0.39, 0.29) is 41.8 Å². The van der Waals surface area contributed by atoms with E-state index in [9.17, 15) is 19.7 Å². The summed E-state index contributed by atoms with van der Waals surface area (Å²) in [6.45, 7) is 4.39. The minimum absolute atomic E-state index is 0.00573. The largest absolute Gasteiger partial charge is 0.465 e. The van der Waals surface area contributed by atoms with Crippen molar-refractivity contribution < 1.29 is 24.1 Å². The first-order valence-electron chi connectivity index (χ1n) is 12.8. The summed E-state index contributed by atoms with van der Waals surface area (Å²) in [7, 11) is 0. The molecule has 1 unspecified atom stereocenters. The third-order valence-electron chi connectivity index (χ3n) is 7.06. The molecule has 0 heterocycles. The Balaban J connectivity index is 1.57. The number of oxime groups is 1. The van der Waals surface area contributed by atoms with Crippen LogP contribution in [0.3, 0.4) is 0 Å². The van der Waals surface area contributed by atoms with Gasteiger partial charge in [-0.05, 0) is 71.6 Å². The molecule has 8 heteroatoms. The SMILES string of the molecule is CCCC(=O)O/N=C(/CCC(=O)OCC1CCC1)c1ccc2c(c1)C(CC)c1cc([N+](=O)[O-])ccc1-2. The molecule has 2 aromatic carbocycles. The van der Waals surface area contributed by atoms with Crippen molar-refractivity contribution in [2.75, 3.05) is 6.61 Å². The van der Waals surface area contributed by atoms with Gasteiger partial charge in [-0.2, -0.15) is 0 Å². The van der Waals surface area contributed by atoms with Gasteiger partial charge in [0, 0.05) is 30.9 Å². The van der Waals surface area contributed by atoms with E-state index in [2.05, 4.69) is 12.1 Å². The second kappa shape index (κ2) is 11.5. The number of benzene rings is 2. The third-order valence-corrected chi connectivity index (χ3v) is 7.06. The van der Waals surface area contributed by atoms with Crippen molar-refractivity contribution in [3.8, 4) is 11.1 Å². The van der Waals surface area contributed by atoms with Crippen molar-refractivity contribution >= 4 is 23.3 Å². The molecular formula is C28H32N2O6. The summed E-state index contributed by atoms with van der Waals surface area (Å²) in [5.74, 6) is -0.236. The maximum absolute atomic E-state index is 12.3. The van der Waals surface area contributed by atoms with Gasteiger partial charge in [0.15, 0.2) is 0 Å². The van der Waals surface area contributed by atoms with Crippen LogP contribution in [0, 0.1) is 16.0 Å². The van der Waals surface area contributed by atoms with Crippen molar-refractivity contribution in [2.45, 2.75) is 71.1 Å². The van der Waals surface area contributed by atoms with Crippen molar-refractivity contribution in [1.82, 2.24) is 0 Å². The molecule has 1 atom stereocenters. The monoisotopic (exact) mass is 492 g/mol.